The van der Waals surface area contributed by atoms with Gasteiger partial charge in [-0.15, -0.1) is 0 Å². The number of rotatable bonds is 42. The number of likely N-dealkylation sites (tertiary alicyclic amines) is 1. The minimum absolute atomic E-state index is 0.0210. The predicted molar refractivity (Wildman–Crippen MR) is 397 cm³/mol. The van der Waals surface area contributed by atoms with Crippen molar-refractivity contribution in [2.24, 2.45) is 44.2 Å². The van der Waals surface area contributed by atoms with Gasteiger partial charge in [0.25, 0.3) is 0 Å². The molecule has 3 aliphatic heterocycles. The summed E-state index contributed by atoms with van der Waals surface area (Å²) in [5, 5.41) is 20.6. The van der Waals surface area contributed by atoms with Crippen molar-refractivity contribution in [2.75, 3.05) is 125 Å². The summed E-state index contributed by atoms with van der Waals surface area (Å²) in [6, 6.07) is 16.9. The van der Waals surface area contributed by atoms with Gasteiger partial charge in [-0.1, -0.05) is 111 Å². The molecule has 0 bridgehead atoms. The van der Waals surface area contributed by atoms with Crippen molar-refractivity contribution in [2.45, 2.75) is 183 Å². The Morgan fingerprint density at radius 1 is 0.505 bits per heavy atom. The van der Waals surface area contributed by atoms with Crippen molar-refractivity contribution in [1.29, 1.82) is 0 Å². The summed E-state index contributed by atoms with van der Waals surface area (Å²) in [5.41, 5.74) is 18.2. The highest BCUT2D eigenvalue weighted by Gasteiger charge is 2.44. The number of fused-ring (bicyclic) bond motifs is 2. The molecule has 27 heteroatoms. The SMILES string of the molecule is CC(C)(C)Cc1ccc(C2=NNC=C3CCC(OC(=O)NCCOCCOCCOCCNC(=O)CCOCC(COCCC(=O)NOCCOCCOCCNC(=O)OC4CCCC5C(=CNN=C5c5ccc(CC(C)(C)C)cc5)CC4)NC(=O)CCN4C(=O)CC(C(C)(C)C)C4=O)CCCC32)cc1. The molecule has 3 heterocycles. The van der Waals surface area contributed by atoms with E-state index in [4.69, 9.17) is 57.7 Å². The van der Waals surface area contributed by atoms with E-state index in [0.29, 0.717) is 39.6 Å². The highest BCUT2D eigenvalue weighted by molar-refractivity contribution is 6.05. The van der Waals surface area contributed by atoms with E-state index in [1.54, 1.807) is 0 Å². The number of alkyl carbamates (subject to hydrolysis) is 2. The van der Waals surface area contributed by atoms with Crippen LogP contribution in [0.2, 0.25) is 0 Å². The number of allylic oxidation sites excluding steroid dienone is 2. The van der Waals surface area contributed by atoms with Crippen molar-refractivity contribution in [3.05, 3.63) is 94.3 Å². The van der Waals surface area contributed by atoms with Gasteiger partial charge in [-0.25, -0.2) is 15.1 Å². The lowest BCUT2D eigenvalue weighted by atomic mass is 9.80. The lowest BCUT2D eigenvalue weighted by molar-refractivity contribution is -0.141. The van der Waals surface area contributed by atoms with Gasteiger partial charge in [0.15, 0.2) is 0 Å². The number of hydrazone groups is 2. The van der Waals surface area contributed by atoms with Gasteiger partial charge < -0.3 is 63.9 Å². The van der Waals surface area contributed by atoms with Gasteiger partial charge in [0.2, 0.25) is 29.5 Å². The van der Waals surface area contributed by atoms with Gasteiger partial charge in [0, 0.05) is 69.7 Å². The molecule has 7 N–H and O–H groups in total. The van der Waals surface area contributed by atoms with Gasteiger partial charge in [0.1, 0.15) is 12.2 Å². The zero-order valence-electron chi connectivity index (χ0n) is 63.8. The lowest BCUT2D eigenvalue weighted by Crippen LogP contribution is -2.44. The molecule has 7 amide bonds. The summed E-state index contributed by atoms with van der Waals surface area (Å²) in [5.74, 6) is -1.77. The van der Waals surface area contributed by atoms with E-state index in [0.717, 1.165) is 105 Å². The number of carbonyl (C=O) groups excluding carboxylic acids is 7. The summed E-state index contributed by atoms with van der Waals surface area (Å²) < 4.78 is 51.1. The van der Waals surface area contributed by atoms with Crippen LogP contribution < -0.4 is 37.6 Å². The molecule has 0 radical (unpaired) electrons. The molecule has 584 valence electrons. The molecule has 2 aromatic carbocycles. The first-order valence-electron chi connectivity index (χ1n) is 37.8. The molecule has 2 saturated carbocycles. The Hall–Kier alpha value is -7.37. The number of carbonyl (C=O) groups is 7. The number of nitrogens with zero attached hydrogens (tertiary/aromatic N) is 3. The third kappa shape index (κ3) is 32.3. The van der Waals surface area contributed by atoms with E-state index in [1.165, 1.54) is 22.3 Å². The fraction of sp³-hybridized carbons (Fsp3) is 0.679. The maximum atomic E-state index is 13.2. The van der Waals surface area contributed by atoms with E-state index in [1.807, 2.05) is 33.2 Å². The van der Waals surface area contributed by atoms with Crippen molar-refractivity contribution in [1.82, 2.24) is 42.5 Å². The number of hydroxylamine groups is 1. The zero-order valence-corrected chi connectivity index (χ0v) is 63.8. The monoisotopic (exact) mass is 1470 g/mol. The predicted octanol–water partition coefficient (Wildman–Crippen LogP) is 8.65. The Kier molecular flexibility index (Phi) is 36.1. The summed E-state index contributed by atoms with van der Waals surface area (Å²) >= 11 is 0. The number of hydrogen-bond donors (Lipinski definition) is 7. The largest absolute Gasteiger partial charge is 0.446 e. The number of benzene rings is 2. The average molecular weight is 1470 g/mol. The molecule has 2 aliphatic carbocycles. The molecule has 0 aromatic heterocycles. The van der Waals surface area contributed by atoms with Crippen LogP contribution in [-0.4, -0.2) is 202 Å². The first kappa shape index (κ1) is 84.9. The van der Waals surface area contributed by atoms with Crippen LogP contribution in [0.4, 0.5) is 9.59 Å². The Morgan fingerprint density at radius 3 is 1.39 bits per heavy atom. The van der Waals surface area contributed by atoms with Gasteiger partial charge in [0.05, 0.1) is 129 Å². The molecule has 6 unspecified atom stereocenters. The standard InChI is InChI=1S/C78H120N10O17/c1-76(2,3)49-55-16-20-57(21-17-55)71-64-14-10-12-62(26-24-59(64)51-82-85-71)104-74(94)80-32-38-97-41-44-99-43-40-96-37-31-79-67(89)29-35-101-53-61(84-68(90)28-34-88-70(92)48-66(73(88)93)78(7,8)9)54-102-36-30-69(91)87-103-47-46-100-45-42-98-39-33-81-75(95)105-63-13-11-15-65-60(25-27-63)52-83-86-72(65)58-22-18-56(19-23-58)50-77(4,5)6/h16-23,51-52,61-66,82-83H,10-15,24-50,53-54H2,1-9H3,(H,79,89)(H,80,94)(H,81,95)(H,84,90)(H,87,91). The Bertz CT molecular complexity index is 3180. The van der Waals surface area contributed by atoms with E-state index >= 15 is 0 Å². The van der Waals surface area contributed by atoms with Crippen LogP contribution in [0.3, 0.4) is 0 Å². The van der Waals surface area contributed by atoms with Gasteiger partial charge >= 0.3 is 12.2 Å². The average Bonchev–Trinajstić information content (AvgIpc) is 1.79. The molecule has 3 fully saturated rings. The molecule has 5 aliphatic rings. The molecule has 2 aromatic rings. The second kappa shape index (κ2) is 44.7. The van der Waals surface area contributed by atoms with E-state index in [2.05, 4.69) is 128 Å². The third-order valence-corrected chi connectivity index (χ3v) is 18.5. The number of amides is 7. The Labute approximate surface area is 621 Å². The van der Waals surface area contributed by atoms with Crippen LogP contribution in [-0.2, 0) is 84.3 Å². The summed E-state index contributed by atoms with van der Waals surface area (Å²) in [4.78, 5) is 95.9. The quantitative estimate of drug-likeness (QED) is 0.0186. The Morgan fingerprint density at radius 2 is 0.943 bits per heavy atom. The molecule has 27 nitrogen and oxygen atoms in total. The number of imide groups is 1. The Balaban J connectivity index is 0.664. The highest BCUT2D eigenvalue weighted by atomic mass is 16.7. The fourth-order valence-electron chi connectivity index (χ4n) is 13.2. The summed E-state index contributed by atoms with van der Waals surface area (Å²) in [6.07, 6.45) is 13.0. The summed E-state index contributed by atoms with van der Waals surface area (Å²) in [6.45, 7) is 22.8. The van der Waals surface area contributed by atoms with Crippen molar-refractivity contribution >= 4 is 53.1 Å². The van der Waals surface area contributed by atoms with Crippen LogP contribution in [0.1, 0.15) is 174 Å². The van der Waals surface area contributed by atoms with E-state index in [9.17, 15) is 33.6 Å². The third-order valence-electron chi connectivity index (χ3n) is 18.5. The minimum Gasteiger partial charge on any atom is -0.446 e. The lowest BCUT2D eigenvalue weighted by Gasteiger charge is -2.30. The molecule has 105 heavy (non-hydrogen) atoms. The van der Waals surface area contributed by atoms with Crippen molar-refractivity contribution in [3.8, 4) is 0 Å². The second-order valence-electron chi connectivity index (χ2n) is 31.0. The van der Waals surface area contributed by atoms with Gasteiger partial charge in [-0.05, 0) is 127 Å². The van der Waals surface area contributed by atoms with Gasteiger partial charge in [-0.3, -0.25) is 44.6 Å². The van der Waals surface area contributed by atoms with Crippen molar-refractivity contribution in [3.63, 3.8) is 0 Å². The smallest absolute Gasteiger partial charge is 0.407 e. The molecular formula is C78H120N10O17. The maximum absolute atomic E-state index is 13.2. The van der Waals surface area contributed by atoms with Crippen molar-refractivity contribution < 1.29 is 81.0 Å². The van der Waals surface area contributed by atoms with Gasteiger partial charge in [-0.2, -0.15) is 10.2 Å². The molecule has 0 spiro atoms. The normalized spacial score (nSPS) is 19.6. The first-order chi connectivity index (χ1) is 50.4. The maximum Gasteiger partial charge on any atom is 0.407 e. The molecular weight excluding hydrogens is 1350 g/mol. The van der Waals surface area contributed by atoms with Crippen LogP contribution >= 0.6 is 0 Å². The van der Waals surface area contributed by atoms with Crippen LogP contribution in [0.25, 0.3) is 0 Å². The number of hydrogen-bond acceptors (Lipinski definition) is 21. The highest BCUT2D eigenvalue weighted by Crippen LogP contribution is 2.37. The van der Waals surface area contributed by atoms with Crippen LogP contribution in [0.5, 0.6) is 0 Å². The number of nitrogens with one attached hydrogen (secondary N) is 7. The second-order valence-corrected chi connectivity index (χ2v) is 31.0. The molecule has 7 rings (SSSR count). The molecule has 1 saturated heterocycles. The zero-order chi connectivity index (χ0) is 75.5. The van der Waals surface area contributed by atoms with E-state index in [-0.39, 0.29) is 164 Å². The topological polar surface area (TPSA) is 324 Å². The summed E-state index contributed by atoms with van der Waals surface area (Å²) in [7, 11) is 0. The van der Waals surface area contributed by atoms with Crippen LogP contribution in [0.15, 0.2) is 82.3 Å². The van der Waals surface area contributed by atoms with Crippen LogP contribution in [0, 0.1) is 34.0 Å². The minimum atomic E-state index is -0.693. The molecule has 6 atom stereocenters. The first-order valence-corrected chi connectivity index (χ1v) is 37.8. The van der Waals surface area contributed by atoms with E-state index < -0.39 is 41.4 Å². The fourth-order valence-corrected chi connectivity index (χ4v) is 13.2. The number of ether oxygens (including phenoxy) is 9.